The molecule has 0 radical (unpaired) electrons. The van der Waals surface area contributed by atoms with E-state index in [1.807, 2.05) is 57.2 Å². The fourth-order valence-electron chi connectivity index (χ4n) is 3.28. The number of carbonyl (C=O) groups is 1. The van der Waals surface area contributed by atoms with Crippen LogP contribution in [0.15, 0.2) is 77.7 Å². The first kappa shape index (κ1) is 21.6. The van der Waals surface area contributed by atoms with Gasteiger partial charge >= 0.3 is 0 Å². The van der Waals surface area contributed by atoms with Crippen LogP contribution in [0.4, 0.5) is 11.4 Å². The zero-order chi connectivity index (χ0) is 21.7. The van der Waals surface area contributed by atoms with Crippen LogP contribution < -0.4 is 9.62 Å². The molecule has 3 aromatic rings. The van der Waals surface area contributed by atoms with Crippen LogP contribution in [-0.2, 0) is 21.2 Å². The van der Waals surface area contributed by atoms with Crippen molar-refractivity contribution in [3.8, 4) is 0 Å². The van der Waals surface area contributed by atoms with E-state index >= 15 is 0 Å². The zero-order valence-electron chi connectivity index (χ0n) is 17.4. The lowest BCUT2D eigenvalue weighted by molar-refractivity contribution is -0.114. The maximum atomic E-state index is 13.5. The molecule has 1 N–H and O–H groups in total. The van der Waals surface area contributed by atoms with E-state index in [0.717, 1.165) is 23.1 Å². The summed E-state index contributed by atoms with van der Waals surface area (Å²) in [6, 6.07) is 21.3. The van der Waals surface area contributed by atoms with E-state index in [0.29, 0.717) is 11.4 Å². The maximum Gasteiger partial charge on any atom is 0.264 e. The van der Waals surface area contributed by atoms with Gasteiger partial charge < -0.3 is 5.32 Å². The van der Waals surface area contributed by atoms with Gasteiger partial charge in [0.1, 0.15) is 6.54 Å². The average Bonchev–Trinajstić information content (AvgIpc) is 2.75. The highest BCUT2D eigenvalue weighted by molar-refractivity contribution is 7.92. The summed E-state index contributed by atoms with van der Waals surface area (Å²) in [5.41, 5.74) is 3.89. The summed E-state index contributed by atoms with van der Waals surface area (Å²) in [4.78, 5) is 13.1. The maximum absolute atomic E-state index is 13.5. The van der Waals surface area contributed by atoms with E-state index in [-0.39, 0.29) is 11.4 Å². The summed E-state index contributed by atoms with van der Waals surface area (Å²) in [6.45, 7) is 5.42. The number of aryl methyl sites for hydroxylation is 3. The molecule has 0 aliphatic rings. The first-order chi connectivity index (χ1) is 14.3. The number of hydrogen-bond acceptors (Lipinski definition) is 3. The van der Waals surface area contributed by atoms with Crippen LogP contribution in [0.3, 0.4) is 0 Å². The Bertz CT molecular complexity index is 1140. The van der Waals surface area contributed by atoms with E-state index in [2.05, 4.69) is 5.32 Å². The predicted octanol–water partition coefficient (Wildman–Crippen LogP) is 4.70. The Balaban J connectivity index is 2.00. The smallest absolute Gasteiger partial charge is 0.264 e. The van der Waals surface area contributed by atoms with E-state index in [1.54, 1.807) is 24.3 Å². The molecule has 1 amide bonds. The van der Waals surface area contributed by atoms with Gasteiger partial charge in [0.05, 0.1) is 10.6 Å². The van der Waals surface area contributed by atoms with Crippen molar-refractivity contribution in [2.24, 2.45) is 0 Å². The molecule has 0 atom stereocenters. The molecule has 6 heteroatoms. The molecule has 0 bridgehead atoms. The monoisotopic (exact) mass is 422 g/mol. The van der Waals surface area contributed by atoms with Crippen molar-refractivity contribution < 1.29 is 13.2 Å². The fourth-order valence-corrected chi connectivity index (χ4v) is 4.78. The highest BCUT2D eigenvalue weighted by atomic mass is 32.2. The fraction of sp³-hybridized carbons (Fsp3) is 0.208. The molecule has 0 aliphatic heterocycles. The van der Waals surface area contributed by atoms with Crippen molar-refractivity contribution in [3.63, 3.8) is 0 Å². The highest BCUT2D eigenvalue weighted by Gasteiger charge is 2.28. The molecule has 30 heavy (non-hydrogen) atoms. The third-order valence-electron chi connectivity index (χ3n) is 4.92. The minimum absolute atomic E-state index is 0.146. The molecule has 3 rings (SSSR count). The molecule has 156 valence electrons. The Labute approximate surface area is 178 Å². The second-order valence-electron chi connectivity index (χ2n) is 7.17. The van der Waals surface area contributed by atoms with Gasteiger partial charge in [-0.25, -0.2) is 8.42 Å². The first-order valence-corrected chi connectivity index (χ1v) is 11.3. The molecule has 0 unspecified atom stereocenters. The van der Waals surface area contributed by atoms with Crippen LogP contribution in [-0.4, -0.2) is 20.9 Å². The summed E-state index contributed by atoms with van der Waals surface area (Å²) in [6.07, 6.45) is 0.763. The molecule has 0 aromatic heterocycles. The van der Waals surface area contributed by atoms with Gasteiger partial charge in [0.25, 0.3) is 10.0 Å². The van der Waals surface area contributed by atoms with Crippen LogP contribution in [0.1, 0.15) is 23.6 Å². The number of benzene rings is 3. The zero-order valence-corrected chi connectivity index (χ0v) is 18.2. The van der Waals surface area contributed by atoms with Crippen molar-refractivity contribution >= 4 is 27.3 Å². The summed E-state index contributed by atoms with van der Waals surface area (Å²) in [7, 11) is -3.92. The minimum atomic E-state index is -3.92. The molecule has 0 aliphatic carbocycles. The number of sulfonamides is 1. The summed E-state index contributed by atoms with van der Waals surface area (Å²) < 4.78 is 28.1. The van der Waals surface area contributed by atoms with Gasteiger partial charge in [-0.1, -0.05) is 55.5 Å². The summed E-state index contributed by atoms with van der Waals surface area (Å²) in [5, 5.41) is 2.87. The third kappa shape index (κ3) is 4.71. The minimum Gasteiger partial charge on any atom is -0.324 e. The molecule has 0 fully saturated rings. The number of carbonyl (C=O) groups excluding carboxylic acids is 1. The number of nitrogens with one attached hydrogen (secondary N) is 1. The van der Waals surface area contributed by atoms with E-state index < -0.39 is 15.9 Å². The average molecular weight is 423 g/mol. The normalized spacial score (nSPS) is 11.2. The molecule has 0 saturated carbocycles. The van der Waals surface area contributed by atoms with Crippen LogP contribution in [0, 0.1) is 13.8 Å². The largest absolute Gasteiger partial charge is 0.324 e. The predicted molar refractivity (Wildman–Crippen MR) is 121 cm³/mol. The Morgan fingerprint density at radius 1 is 0.933 bits per heavy atom. The third-order valence-corrected chi connectivity index (χ3v) is 6.70. The van der Waals surface area contributed by atoms with Gasteiger partial charge in [0.2, 0.25) is 5.91 Å². The van der Waals surface area contributed by atoms with Crippen molar-refractivity contribution in [1.29, 1.82) is 0 Å². The Kier molecular flexibility index (Phi) is 6.57. The first-order valence-electron chi connectivity index (χ1n) is 9.85. The van der Waals surface area contributed by atoms with Gasteiger partial charge in [0.15, 0.2) is 0 Å². The van der Waals surface area contributed by atoms with E-state index in [4.69, 9.17) is 0 Å². The SMILES string of the molecule is CCc1ccccc1NC(=O)CN(c1cc(C)ccc1C)S(=O)(=O)c1ccccc1. The van der Waals surface area contributed by atoms with Crippen LogP contribution in [0.5, 0.6) is 0 Å². The molecule has 5 nitrogen and oxygen atoms in total. The van der Waals surface area contributed by atoms with Crippen LogP contribution in [0.2, 0.25) is 0 Å². The van der Waals surface area contributed by atoms with Crippen LogP contribution >= 0.6 is 0 Å². The second kappa shape index (κ2) is 9.13. The number of amides is 1. The Morgan fingerprint density at radius 2 is 1.60 bits per heavy atom. The van der Waals surface area contributed by atoms with Crippen molar-refractivity contribution in [3.05, 3.63) is 89.5 Å². The lowest BCUT2D eigenvalue weighted by Crippen LogP contribution is -2.38. The van der Waals surface area contributed by atoms with Gasteiger partial charge in [-0.3, -0.25) is 9.10 Å². The Morgan fingerprint density at radius 3 is 2.30 bits per heavy atom. The molecule has 0 spiro atoms. The number of para-hydroxylation sites is 1. The van der Waals surface area contributed by atoms with Crippen molar-refractivity contribution in [2.75, 3.05) is 16.2 Å². The van der Waals surface area contributed by atoms with Crippen LogP contribution in [0.25, 0.3) is 0 Å². The highest BCUT2D eigenvalue weighted by Crippen LogP contribution is 2.28. The molecule has 0 saturated heterocycles. The van der Waals surface area contributed by atoms with Crippen molar-refractivity contribution in [2.45, 2.75) is 32.1 Å². The molecule has 0 heterocycles. The number of nitrogens with zero attached hydrogens (tertiary/aromatic N) is 1. The number of anilines is 2. The molecular formula is C24H26N2O3S. The lowest BCUT2D eigenvalue weighted by atomic mass is 10.1. The lowest BCUT2D eigenvalue weighted by Gasteiger charge is -2.26. The molecular weight excluding hydrogens is 396 g/mol. The summed E-state index contributed by atoms with van der Waals surface area (Å²) in [5.74, 6) is -0.392. The molecule has 3 aromatic carbocycles. The van der Waals surface area contributed by atoms with Gasteiger partial charge in [-0.2, -0.15) is 0 Å². The second-order valence-corrected chi connectivity index (χ2v) is 9.04. The standard InChI is InChI=1S/C24H26N2O3S/c1-4-20-10-8-9-13-22(20)25-24(27)17-26(23-16-18(2)14-15-19(23)3)30(28,29)21-11-6-5-7-12-21/h5-16H,4,17H2,1-3H3,(H,25,27). The Hall–Kier alpha value is -3.12. The van der Waals surface area contributed by atoms with Gasteiger partial charge in [-0.05, 0) is 61.2 Å². The van der Waals surface area contributed by atoms with E-state index in [9.17, 15) is 13.2 Å². The van der Waals surface area contributed by atoms with E-state index in [1.165, 1.54) is 16.4 Å². The topological polar surface area (TPSA) is 66.5 Å². The van der Waals surface area contributed by atoms with Gasteiger partial charge in [-0.15, -0.1) is 0 Å². The van der Waals surface area contributed by atoms with Gasteiger partial charge in [0, 0.05) is 5.69 Å². The summed E-state index contributed by atoms with van der Waals surface area (Å²) >= 11 is 0. The van der Waals surface area contributed by atoms with Crippen molar-refractivity contribution in [1.82, 2.24) is 0 Å². The number of hydrogen-bond donors (Lipinski definition) is 1. The quantitative estimate of drug-likeness (QED) is 0.600. The number of rotatable bonds is 7.